The van der Waals surface area contributed by atoms with Crippen molar-refractivity contribution >= 4 is 11.8 Å². The van der Waals surface area contributed by atoms with Crippen molar-refractivity contribution in [2.75, 3.05) is 25.7 Å². The summed E-state index contributed by atoms with van der Waals surface area (Å²) < 4.78 is 0. The van der Waals surface area contributed by atoms with Gasteiger partial charge in [0.1, 0.15) is 0 Å². The summed E-state index contributed by atoms with van der Waals surface area (Å²) in [6, 6.07) is 8.89. The third-order valence-electron chi connectivity index (χ3n) is 3.35. The number of benzene rings is 1. The second-order valence-electron chi connectivity index (χ2n) is 4.87. The van der Waals surface area contributed by atoms with Gasteiger partial charge in [-0.25, -0.2) is 0 Å². The van der Waals surface area contributed by atoms with Crippen LogP contribution in [0.3, 0.4) is 0 Å². The van der Waals surface area contributed by atoms with Crippen LogP contribution in [-0.4, -0.2) is 41.7 Å². The maximum absolute atomic E-state index is 8.81. The predicted molar refractivity (Wildman–Crippen MR) is 89.0 cm³/mol. The lowest BCUT2D eigenvalue weighted by molar-refractivity contribution is 0.248. The Morgan fingerprint density at radius 1 is 1.35 bits per heavy atom. The van der Waals surface area contributed by atoms with Gasteiger partial charge in [0.05, 0.1) is 6.61 Å². The molecule has 0 fully saturated rings. The molecule has 0 aliphatic heterocycles. The van der Waals surface area contributed by atoms with Gasteiger partial charge in [0.2, 0.25) is 0 Å². The molecule has 0 aliphatic carbocycles. The van der Waals surface area contributed by atoms with E-state index in [9.17, 15) is 0 Å². The van der Waals surface area contributed by atoms with Gasteiger partial charge in [-0.05, 0) is 31.4 Å². The lowest BCUT2D eigenvalue weighted by Crippen LogP contribution is -2.32. The Balaban J connectivity index is 2.79. The topological polar surface area (TPSA) is 23.5 Å². The predicted octanol–water partition coefficient (Wildman–Crippen LogP) is 2.99. The fourth-order valence-corrected chi connectivity index (χ4v) is 3.02. The summed E-state index contributed by atoms with van der Waals surface area (Å²) in [6.45, 7) is 3.29. The molecule has 0 aliphatic rings. The van der Waals surface area contributed by atoms with E-state index in [2.05, 4.69) is 55.2 Å². The van der Waals surface area contributed by atoms with Crippen LogP contribution in [0.15, 0.2) is 24.3 Å². The van der Waals surface area contributed by atoms with Crippen molar-refractivity contribution in [3.63, 3.8) is 0 Å². The number of rotatable bonds is 7. The van der Waals surface area contributed by atoms with E-state index in [-0.39, 0.29) is 6.61 Å². The zero-order valence-electron chi connectivity index (χ0n) is 12.7. The molecular weight excluding hydrogens is 266 g/mol. The fourth-order valence-electron chi connectivity index (χ4n) is 2.14. The highest BCUT2D eigenvalue weighted by Crippen LogP contribution is 2.15. The summed E-state index contributed by atoms with van der Waals surface area (Å²) in [7, 11) is 2.18. The Morgan fingerprint density at radius 3 is 2.75 bits per heavy atom. The van der Waals surface area contributed by atoms with E-state index < -0.39 is 0 Å². The molecule has 0 spiro atoms. The number of hydrogen-bond donors (Lipinski definition) is 1. The molecule has 0 aromatic heterocycles. The van der Waals surface area contributed by atoms with Crippen LogP contribution < -0.4 is 0 Å². The molecule has 1 N–H and O–H groups in total. The molecule has 1 atom stereocenters. The summed E-state index contributed by atoms with van der Waals surface area (Å²) >= 11 is 1.90. The van der Waals surface area contributed by atoms with Crippen molar-refractivity contribution < 1.29 is 5.11 Å². The van der Waals surface area contributed by atoms with Crippen molar-refractivity contribution in [3.8, 4) is 11.8 Å². The van der Waals surface area contributed by atoms with Gasteiger partial charge in [0, 0.05) is 30.3 Å². The maximum atomic E-state index is 8.81. The maximum Gasteiger partial charge on any atom is 0.0540 e. The third-order valence-corrected chi connectivity index (χ3v) is 4.07. The van der Waals surface area contributed by atoms with E-state index in [4.69, 9.17) is 5.11 Å². The van der Waals surface area contributed by atoms with Crippen LogP contribution in [0.1, 0.15) is 30.9 Å². The molecule has 1 aromatic rings. The first kappa shape index (κ1) is 17.1. The number of aliphatic hydroxyl groups excluding tert-OH is 1. The molecule has 0 saturated heterocycles. The van der Waals surface area contributed by atoms with Crippen molar-refractivity contribution in [2.24, 2.45) is 0 Å². The van der Waals surface area contributed by atoms with E-state index in [0.29, 0.717) is 12.5 Å². The minimum absolute atomic E-state index is 0.126. The highest BCUT2D eigenvalue weighted by Gasteiger charge is 2.13. The minimum atomic E-state index is 0.126. The number of nitrogens with zero attached hydrogens (tertiary/aromatic N) is 1. The van der Waals surface area contributed by atoms with Gasteiger partial charge in [0.25, 0.3) is 0 Å². The van der Waals surface area contributed by atoms with Crippen molar-refractivity contribution in [1.82, 2.24) is 4.90 Å². The Hall–Kier alpha value is -0.950. The number of aliphatic hydroxyl groups is 1. The third kappa shape index (κ3) is 5.58. The fraction of sp³-hybridized carbons (Fsp3) is 0.529. The van der Waals surface area contributed by atoms with Gasteiger partial charge in [-0.15, -0.1) is 0 Å². The van der Waals surface area contributed by atoms with E-state index >= 15 is 0 Å². The van der Waals surface area contributed by atoms with Gasteiger partial charge >= 0.3 is 0 Å². The van der Waals surface area contributed by atoms with Crippen LogP contribution in [-0.2, 0) is 6.54 Å². The van der Waals surface area contributed by atoms with Gasteiger partial charge < -0.3 is 5.11 Å². The molecule has 1 rings (SSSR count). The molecule has 20 heavy (non-hydrogen) atoms. The molecular formula is C17H25NOS. The molecule has 0 radical (unpaired) electrons. The SMILES string of the molecule is CCC(CSC)N(C)Cc1ccccc1C#CCCO. The Morgan fingerprint density at radius 2 is 2.10 bits per heavy atom. The van der Waals surface area contributed by atoms with Crippen molar-refractivity contribution in [1.29, 1.82) is 0 Å². The van der Waals surface area contributed by atoms with Crippen LogP contribution in [0.2, 0.25) is 0 Å². The van der Waals surface area contributed by atoms with Crippen LogP contribution in [0.5, 0.6) is 0 Å². The first-order chi connectivity index (χ1) is 9.72. The molecule has 1 unspecified atom stereocenters. The van der Waals surface area contributed by atoms with E-state index in [1.807, 2.05) is 17.8 Å². The average Bonchev–Trinajstić information content (AvgIpc) is 2.46. The quantitative estimate of drug-likeness (QED) is 0.781. The molecule has 1 aromatic carbocycles. The van der Waals surface area contributed by atoms with E-state index in [1.54, 1.807) is 0 Å². The standard InChI is InChI=1S/C17H25NOS/c1-4-17(14-20-3)18(2)13-16-11-6-5-9-15(16)10-7-8-12-19/h5-6,9,11,17,19H,4,8,12-14H2,1-3H3. The summed E-state index contributed by atoms with van der Waals surface area (Å²) in [5.74, 6) is 7.34. The zero-order chi connectivity index (χ0) is 14.8. The van der Waals surface area contributed by atoms with Crippen LogP contribution >= 0.6 is 11.8 Å². The van der Waals surface area contributed by atoms with Gasteiger partial charge in [-0.3, -0.25) is 4.90 Å². The molecule has 2 nitrogen and oxygen atoms in total. The lowest BCUT2D eigenvalue weighted by atomic mass is 10.1. The monoisotopic (exact) mass is 291 g/mol. The van der Waals surface area contributed by atoms with E-state index in [0.717, 1.165) is 24.3 Å². The molecule has 3 heteroatoms. The van der Waals surface area contributed by atoms with Gasteiger partial charge in [-0.2, -0.15) is 11.8 Å². The molecule has 0 amide bonds. The summed E-state index contributed by atoms with van der Waals surface area (Å²) in [5.41, 5.74) is 2.34. The first-order valence-electron chi connectivity index (χ1n) is 7.09. The Kier molecular flexibility index (Phi) is 8.45. The number of hydrogen-bond acceptors (Lipinski definition) is 3. The highest BCUT2D eigenvalue weighted by molar-refractivity contribution is 7.98. The van der Waals surface area contributed by atoms with Crippen LogP contribution in [0, 0.1) is 11.8 Å². The van der Waals surface area contributed by atoms with E-state index in [1.165, 1.54) is 5.56 Å². The summed E-state index contributed by atoms with van der Waals surface area (Å²) in [6.07, 6.45) is 3.86. The minimum Gasteiger partial charge on any atom is -0.395 e. The molecule has 0 bridgehead atoms. The smallest absolute Gasteiger partial charge is 0.0540 e. The van der Waals surface area contributed by atoms with Gasteiger partial charge in [-0.1, -0.05) is 37.0 Å². The second kappa shape index (κ2) is 9.88. The van der Waals surface area contributed by atoms with Crippen molar-refractivity contribution in [2.45, 2.75) is 32.4 Å². The Bertz CT molecular complexity index is 450. The lowest BCUT2D eigenvalue weighted by Gasteiger charge is -2.27. The summed E-state index contributed by atoms with van der Waals surface area (Å²) in [5, 5.41) is 8.81. The van der Waals surface area contributed by atoms with Crippen LogP contribution in [0.4, 0.5) is 0 Å². The largest absolute Gasteiger partial charge is 0.395 e. The highest BCUT2D eigenvalue weighted by atomic mass is 32.2. The Labute approximate surface area is 127 Å². The zero-order valence-corrected chi connectivity index (χ0v) is 13.5. The number of thioether (sulfide) groups is 1. The van der Waals surface area contributed by atoms with Crippen LogP contribution in [0.25, 0.3) is 0 Å². The molecule has 0 heterocycles. The van der Waals surface area contributed by atoms with Gasteiger partial charge in [0.15, 0.2) is 0 Å². The summed E-state index contributed by atoms with van der Waals surface area (Å²) in [4.78, 5) is 2.41. The second-order valence-corrected chi connectivity index (χ2v) is 5.78. The molecule has 110 valence electrons. The average molecular weight is 291 g/mol. The normalized spacial score (nSPS) is 12.1. The van der Waals surface area contributed by atoms with Crippen molar-refractivity contribution in [3.05, 3.63) is 35.4 Å². The first-order valence-corrected chi connectivity index (χ1v) is 8.49. The molecule has 0 saturated carbocycles.